The van der Waals surface area contributed by atoms with E-state index in [0.29, 0.717) is 5.78 Å². The summed E-state index contributed by atoms with van der Waals surface area (Å²) in [4.78, 5) is 13.8. The maximum Gasteiger partial charge on any atom is 0.136 e. The van der Waals surface area contributed by atoms with Gasteiger partial charge >= 0.3 is 0 Å². The number of rotatable bonds is 0. The minimum Gasteiger partial charge on any atom is -0.381 e. The summed E-state index contributed by atoms with van der Waals surface area (Å²) in [5.74, 6) is 0.431. The summed E-state index contributed by atoms with van der Waals surface area (Å²) in [5, 5.41) is 0. The van der Waals surface area contributed by atoms with Crippen molar-refractivity contribution in [3.05, 3.63) is 0 Å². The van der Waals surface area contributed by atoms with Crippen LogP contribution in [0.25, 0.3) is 0 Å². The van der Waals surface area contributed by atoms with Gasteiger partial charge in [0.2, 0.25) is 0 Å². The Bertz CT molecular complexity index is 209. The van der Waals surface area contributed by atoms with Crippen LogP contribution in [0.4, 0.5) is 0 Å². The Balaban J connectivity index is 2.11. The topological polar surface area (TPSA) is 29.5 Å². The number of nitrogens with zero attached hydrogens (tertiary/aromatic N) is 1. The van der Waals surface area contributed by atoms with E-state index in [4.69, 9.17) is 4.74 Å². The predicted octanol–water partition coefficient (Wildman–Crippen LogP) is 0.830. The van der Waals surface area contributed by atoms with Gasteiger partial charge in [0.15, 0.2) is 0 Å². The first-order valence-electron chi connectivity index (χ1n) is 5.04. The van der Waals surface area contributed by atoms with Gasteiger partial charge in [-0.2, -0.15) is 0 Å². The molecule has 0 aromatic carbocycles. The monoisotopic (exact) mass is 183 g/mol. The van der Waals surface area contributed by atoms with Crippen molar-refractivity contribution in [2.45, 2.75) is 31.2 Å². The smallest absolute Gasteiger partial charge is 0.136 e. The Kier molecular flexibility index (Phi) is 2.39. The maximum atomic E-state index is 11.4. The van der Waals surface area contributed by atoms with Crippen LogP contribution in [-0.4, -0.2) is 43.0 Å². The average Bonchev–Trinajstić information content (AvgIpc) is 2.14. The summed E-state index contributed by atoms with van der Waals surface area (Å²) >= 11 is 0. The molecule has 2 aliphatic rings. The van der Waals surface area contributed by atoms with E-state index in [9.17, 15) is 4.79 Å². The lowest BCUT2D eigenvalue weighted by Gasteiger charge is -2.46. The van der Waals surface area contributed by atoms with Crippen LogP contribution in [0.2, 0.25) is 0 Å². The van der Waals surface area contributed by atoms with E-state index >= 15 is 0 Å². The normalized spacial score (nSPS) is 29.5. The first-order chi connectivity index (χ1) is 6.23. The van der Waals surface area contributed by atoms with Gasteiger partial charge in [0.25, 0.3) is 0 Å². The lowest BCUT2D eigenvalue weighted by Crippen LogP contribution is -2.55. The van der Waals surface area contributed by atoms with E-state index < -0.39 is 0 Å². The van der Waals surface area contributed by atoms with E-state index in [0.717, 1.165) is 45.4 Å². The first-order valence-corrected chi connectivity index (χ1v) is 5.04. The number of piperidine rings is 1. The van der Waals surface area contributed by atoms with Gasteiger partial charge in [0, 0.05) is 38.1 Å². The molecular formula is C10H17NO2. The van der Waals surface area contributed by atoms with Crippen LogP contribution in [0.1, 0.15) is 25.7 Å². The molecule has 0 unspecified atom stereocenters. The molecule has 2 aliphatic heterocycles. The second kappa shape index (κ2) is 3.39. The number of ether oxygens (including phenoxy) is 1. The molecule has 2 rings (SSSR count). The third kappa shape index (κ3) is 1.63. The van der Waals surface area contributed by atoms with Crippen molar-refractivity contribution in [3.63, 3.8) is 0 Å². The molecule has 0 radical (unpaired) electrons. The van der Waals surface area contributed by atoms with Gasteiger partial charge in [-0.3, -0.25) is 9.69 Å². The van der Waals surface area contributed by atoms with Gasteiger partial charge in [-0.25, -0.2) is 0 Å². The zero-order chi connectivity index (χ0) is 9.31. The molecule has 0 amide bonds. The van der Waals surface area contributed by atoms with Crippen molar-refractivity contribution in [1.82, 2.24) is 4.90 Å². The highest BCUT2D eigenvalue weighted by atomic mass is 16.5. The largest absolute Gasteiger partial charge is 0.381 e. The van der Waals surface area contributed by atoms with Crippen molar-refractivity contribution in [1.29, 1.82) is 0 Å². The number of ketones is 1. The van der Waals surface area contributed by atoms with Gasteiger partial charge in [-0.05, 0) is 19.9 Å². The van der Waals surface area contributed by atoms with Gasteiger partial charge in [-0.1, -0.05) is 0 Å². The van der Waals surface area contributed by atoms with E-state index in [-0.39, 0.29) is 5.54 Å². The SMILES string of the molecule is CN1CCC(=O)CC12CCOCC2. The molecule has 0 N–H and O–H groups in total. The molecule has 3 nitrogen and oxygen atoms in total. The van der Waals surface area contributed by atoms with Gasteiger partial charge < -0.3 is 4.74 Å². The van der Waals surface area contributed by atoms with Gasteiger partial charge in [0.05, 0.1) is 0 Å². The Hall–Kier alpha value is -0.410. The highest BCUT2D eigenvalue weighted by Crippen LogP contribution is 2.33. The van der Waals surface area contributed by atoms with Crippen LogP contribution in [0.15, 0.2) is 0 Å². The van der Waals surface area contributed by atoms with Crippen LogP contribution >= 0.6 is 0 Å². The molecule has 2 heterocycles. The fraction of sp³-hybridized carbons (Fsp3) is 0.900. The molecule has 2 saturated heterocycles. The zero-order valence-corrected chi connectivity index (χ0v) is 8.21. The maximum absolute atomic E-state index is 11.4. The van der Waals surface area contributed by atoms with E-state index in [1.54, 1.807) is 0 Å². The van der Waals surface area contributed by atoms with Crippen molar-refractivity contribution in [3.8, 4) is 0 Å². The Morgan fingerprint density at radius 2 is 2.08 bits per heavy atom. The van der Waals surface area contributed by atoms with E-state index in [2.05, 4.69) is 11.9 Å². The second-order valence-electron chi connectivity index (χ2n) is 4.22. The Morgan fingerprint density at radius 3 is 2.77 bits per heavy atom. The summed E-state index contributed by atoms with van der Waals surface area (Å²) in [6, 6.07) is 0. The predicted molar refractivity (Wildman–Crippen MR) is 49.7 cm³/mol. The molecule has 0 aromatic rings. The van der Waals surface area contributed by atoms with Crippen LogP contribution in [-0.2, 0) is 9.53 Å². The lowest BCUT2D eigenvalue weighted by molar-refractivity contribution is -0.129. The molecule has 3 heteroatoms. The van der Waals surface area contributed by atoms with Gasteiger partial charge in [0.1, 0.15) is 5.78 Å². The quantitative estimate of drug-likeness (QED) is 0.557. The van der Waals surface area contributed by atoms with Crippen LogP contribution < -0.4 is 0 Å². The van der Waals surface area contributed by atoms with Crippen molar-refractivity contribution < 1.29 is 9.53 Å². The highest BCUT2D eigenvalue weighted by molar-refractivity contribution is 5.80. The fourth-order valence-electron chi connectivity index (χ4n) is 2.43. The summed E-state index contributed by atoms with van der Waals surface area (Å²) in [6.45, 7) is 2.56. The lowest BCUT2D eigenvalue weighted by atomic mass is 9.80. The van der Waals surface area contributed by atoms with Crippen LogP contribution in [0.3, 0.4) is 0 Å². The average molecular weight is 183 g/mol. The van der Waals surface area contributed by atoms with Crippen molar-refractivity contribution in [2.75, 3.05) is 26.8 Å². The van der Waals surface area contributed by atoms with Crippen LogP contribution in [0.5, 0.6) is 0 Å². The number of Topliss-reactive ketones (excluding diaryl/α,β-unsaturated/α-hetero) is 1. The molecule has 1 spiro atoms. The summed E-state index contributed by atoms with van der Waals surface area (Å²) < 4.78 is 5.34. The molecule has 74 valence electrons. The van der Waals surface area contributed by atoms with Gasteiger partial charge in [-0.15, -0.1) is 0 Å². The minimum atomic E-state index is 0.146. The summed E-state index contributed by atoms with van der Waals surface area (Å²) in [7, 11) is 2.14. The molecule has 0 bridgehead atoms. The summed E-state index contributed by atoms with van der Waals surface area (Å²) in [5.41, 5.74) is 0.146. The second-order valence-corrected chi connectivity index (χ2v) is 4.22. The standard InChI is InChI=1S/C10H17NO2/c1-11-5-2-9(12)8-10(11)3-6-13-7-4-10/h2-8H2,1H3. The van der Waals surface area contributed by atoms with E-state index in [1.165, 1.54) is 0 Å². The molecule has 13 heavy (non-hydrogen) atoms. The third-order valence-corrected chi connectivity index (χ3v) is 3.49. The summed E-state index contributed by atoms with van der Waals surface area (Å²) in [6.07, 6.45) is 3.52. The first kappa shape index (κ1) is 9.16. The Morgan fingerprint density at radius 1 is 1.38 bits per heavy atom. The number of likely N-dealkylation sites (tertiary alicyclic amines) is 1. The van der Waals surface area contributed by atoms with Crippen LogP contribution in [0, 0.1) is 0 Å². The van der Waals surface area contributed by atoms with Crippen molar-refractivity contribution in [2.24, 2.45) is 0 Å². The number of carbonyl (C=O) groups excluding carboxylic acids is 1. The zero-order valence-electron chi connectivity index (χ0n) is 8.21. The third-order valence-electron chi connectivity index (χ3n) is 3.49. The molecular weight excluding hydrogens is 166 g/mol. The number of hydrogen-bond donors (Lipinski definition) is 0. The highest BCUT2D eigenvalue weighted by Gasteiger charge is 2.40. The van der Waals surface area contributed by atoms with E-state index in [1.807, 2.05) is 0 Å². The fourth-order valence-corrected chi connectivity index (χ4v) is 2.43. The number of hydrogen-bond acceptors (Lipinski definition) is 3. The molecule has 2 fully saturated rings. The number of carbonyl (C=O) groups is 1. The molecule has 0 aliphatic carbocycles. The Labute approximate surface area is 79.0 Å². The molecule has 0 saturated carbocycles. The molecule has 0 atom stereocenters. The molecule has 0 aromatic heterocycles. The van der Waals surface area contributed by atoms with Crippen molar-refractivity contribution >= 4 is 5.78 Å². The minimum absolute atomic E-state index is 0.146.